The van der Waals surface area contributed by atoms with Gasteiger partial charge in [0.25, 0.3) is 0 Å². The summed E-state index contributed by atoms with van der Waals surface area (Å²) in [6.07, 6.45) is 99.0. The smallest absolute Gasteiger partial charge is 0.306 e. The Morgan fingerprint density at radius 1 is 0.253 bits per heavy atom. The van der Waals surface area contributed by atoms with Crippen molar-refractivity contribution in [2.75, 3.05) is 13.2 Å². The molecule has 0 spiro atoms. The molecule has 0 aromatic rings. The van der Waals surface area contributed by atoms with Crippen molar-refractivity contribution in [3.63, 3.8) is 0 Å². The van der Waals surface area contributed by atoms with Gasteiger partial charge in [-0.15, -0.1) is 0 Å². The second-order valence-electron chi connectivity index (χ2n) is 22.7. The third kappa shape index (κ3) is 68.2. The van der Waals surface area contributed by atoms with Gasteiger partial charge in [-0.05, 0) is 135 Å². The van der Waals surface area contributed by atoms with Crippen LogP contribution in [-0.4, -0.2) is 37.2 Å². The molecule has 0 N–H and O–H groups in total. The topological polar surface area (TPSA) is 78.9 Å². The molecule has 0 aromatic carbocycles. The molecular formula is C77H128O6. The summed E-state index contributed by atoms with van der Waals surface area (Å²) in [5.41, 5.74) is 0. The minimum Gasteiger partial charge on any atom is -0.462 e. The summed E-state index contributed by atoms with van der Waals surface area (Å²) in [4.78, 5) is 38.4. The van der Waals surface area contributed by atoms with Gasteiger partial charge in [-0.25, -0.2) is 0 Å². The summed E-state index contributed by atoms with van der Waals surface area (Å²) in [5.74, 6) is -0.929. The zero-order valence-corrected chi connectivity index (χ0v) is 54.2. The lowest BCUT2D eigenvalue weighted by Crippen LogP contribution is -2.30. The van der Waals surface area contributed by atoms with Gasteiger partial charge >= 0.3 is 17.9 Å². The van der Waals surface area contributed by atoms with Crippen LogP contribution in [0.3, 0.4) is 0 Å². The van der Waals surface area contributed by atoms with E-state index in [0.29, 0.717) is 12.8 Å². The molecular weight excluding hydrogens is 1020 g/mol. The Balaban J connectivity index is 4.32. The number of allylic oxidation sites excluding steroid dienone is 22. The first-order valence-electron chi connectivity index (χ1n) is 34.7. The highest BCUT2D eigenvalue weighted by Crippen LogP contribution is 2.16. The van der Waals surface area contributed by atoms with E-state index >= 15 is 0 Å². The van der Waals surface area contributed by atoms with Crippen molar-refractivity contribution in [1.29, 1.82) is 0 Å². The molecule has 0 aliphatic heterocycles. The van der Waals surface area contributed by atoms with Crippen molar-refractivity contribution >= 4 is 17.9 Å². The van der Waals surface area contributed by atoms with Crippen molar-refractivity contribution < 1.29 is 28.6 Å². The lowest BCUT2D eigenvalue weighted by Gasteiger charge is -2.18. The van der Waals surface area contributed by atoms with Crippen LogP contribution in [0.2, 0.25) is 0 Å². The number of carbonyl (C=O) groups is 3. The van der Waals surface area contributed by atoms with E-state index in [2.05, 4.69) is 154 Å². The molecule has 0 amide bonds. The largest absolute Gasteiger partial charge is 0.462 e. The molecule has 6 heteroatoms. The third-order valence-corrected chi connectivity index (χ3v) is 14.6. The average molecular weight is 1150 g/mol. The van der Waals surface area contributed by atoms with Crippen LogP contribution in [0, 0.1) is 0 Å². The fourth-order valence-corrected chi connectivity index (χ4v) is 9.49. The molecule has 0 aliphatic carbocycles. The number of rotatable bonds is 62. The van der Waals surface area contributed by atoms with Gasteiger partial charge in [0, 0.05) is 19.3 Å². The van der Waals surface area contributed by atoms with E-state index in [0.717, 1.165) is 135 Å². The van der Waals surface area contributed by atoms with Gasteiger partial charge in [0.05, 0.1) is 0 Å². The van der Waals surface area contributed by atoms with E-state index in [1.165, 1.54) is 141 Å². The number of carbonyl (C=O) groups excluding carboxylic acids is 3. The maximum atomic E-state index is 12.9. The Morgan fingerprint density at radius 2 is 0.470 bits per heavy atom. The fraction of sp³-hybridized carbons (Fsp3) is 0.675. The zero-order valence-electron chi connectivity index (χ0n) is 54.2. The second-order valence-corrected chi connectivity index (χ2v) is 22.7. The first kappa shape index (κ1) is 78.5. The van der Waals surface area contributed by atoms with Crippen LogP contribution in [0.4, 0.5) is 0 Å². The molecule has 0 saturated heterocycles. The van der Waals surface area contributed by atoms with Crippen LogP contribution in [-0.2, 0) is 28.6 Å². The van der Waals surface area contributed by atoms with Crippen LogP contribution in [0.25, 0.3) is 0 Å². The standard InChI is InChI=1S/C77H128O6/c1-4-7-10-13-16-19-22-25-28-30-32-33-34-35-36-37-38-39-40-41-42-43-45-46-49-52-55-58-61-64-67-70-76(79)82-73-74(72-81-75(78)69-66-63-60-57-54-51-48-27-24-21-18-15-12-9-6-3)83-77(80)71-68-65-62-59-56-53-50-47-44-31-29-26-23-20-17-14-11-8-5-2/h7-8,10-11,16-17,19-20,25-29,32-33,35-36,44,47-48,53,56,74H,4-6,9,12-15,18,21-24,30-31,34,37-43,45-46,49-52,54-55,57-73H2,1-3H3/b10-7-,11-8-,19-16-,20-17-,28-25-,29-26-,33-32-,36-35-,47-44-,48-27-,56-53-. The lowest BCUT2D eigenvalue weighted by atomic mass is 10.0. The minimum absolute atomic E-state index is 0.0955. The summed E-state index contributed by atoms with van der Waals surface area (Å²) in [5, 5.41) is 0. The first-order valence-corrected chi connectivity index (χ1v) is 34.7. The summed E-state index contributed by atoms with van der Waals surface area (Å²) >= 11 is 0. The zero-order chi connectivity index (χ0) is 59.9. The molecule has 0 heterocycles. The van der Waals surface area contributed by atoms with Crippen molar-refractivity contribution in [3.8, 4) is 0 Å². The summed E-state index contributed by atoms with van der Waals surface area (Å²) in [6, 6.07) is 0. The van der Waals surface area contributed by atoms with Crippen molar-refractivity contribution in [2.45, 2.75) is 322 Å². The SMILES string of the molecule is CC/C=C\C/C=C\C/C=C\C/C=C\C/C=C\CCCCCCCCCCCCCCCCCC(=O)OCC(COC(=O)CCCCCCC/C=C\CCCCCCCC)OC(=O)CCCCC/C=C\C/C=C\C/C=C\C/C=C\C/C=C\CC. The Kier molecular flexibility index (Phi) is 66.3. The van der Waals surface area contributed by atoms with Crippen LogP contribution >= 0.6 is 0 Å². The van der Waals surface area contributed by atoms with Crippen molar-refractivity contribution in [1.82, 2.24) is 0 Å². The maximum Gasteiger partial charge on any atom is 0.306 e. The van der Waals surface area contributed by atoms with E-state index in [1.807, 2.05) is 0 Å². The molecule has 1 atom stereocenters. The first-order chi connectivity index (χ1) is 41.0. The Hall–Kier alpha value is -4.45. The van der Waals surface area contributed by atoms with Crippen LogP contribution in [0.1, 0.15) is 316 Å². The summed E-state index contributed by atoms with van der Waals surface area (Å²) in [7, 11) is 0. The highest BCUT2D eigenvalue weighted by atomic mass is 16.6. The fourth-order valence-electron chi connectivity index (χ4n) is 9.49. The van der Waals surface area contributed by atoms with Gasteiger partial charge in [-0.1, -0.05) is 296 Å². The van der Waals surface area contributed by atoms with Gasteiger partial charge in [-0.2, -0.15) is 0 Å². The van der Waals surface area contributed by atoms with E-state index in [-0.39, 0.29) is 37.5 Å². The molecule has 0 saturated carbocycles. The summed E-state index contributed by atoms with van der Waals surface area (Å²) in [6.45, 7) is 6.39. The van der Waals surface area contributed by atoms with E-state index in [9.17, 15) is 14.4 Å². The molecule has 1 unspecified atom stereocenters. The molecule has 0 rings (SSSR count). The lowest BCUT2D eigenvalue weighted by molar-refractivity contribution is -0.167. The van der Waals surface area contributed by atoms with Gasteiger partial charge in [0.1, 0.15) is 13.2 Å². The average Bonchev–Trinajstić information content (AvgIpc) is 3.49. The molecule has 83 heavy (non-hydrogen) atoms. The monoisotopic (exact) mass is 1150 g/mol. The molecule has 472 valence electrons. The quantitative estimate of drug-likeness (QED) is 0.0261. The number of hydrogen-bond acceptors (Lipinski definition) is 6. The Morgan fingerprint density at radius 3 is 0.759 bits per heavy atom. The predicted molar refractivity (Wildman–Crippen MR) is 362 cm³/mol. The molecule has 0 aliphatic rings. The van der Waals surface area contributed by atoms with Gasteiger partial charge in [-0.3, -0.25) is 14.4 Å². The molecule has 0 bridgehead atoms. The molecule has 0 aromatic heterocycles. The second kappa shape index (κ2) is 70.0. The third-order valence-electron chi connectivity index (χ3n) is 14.6. The number of ether oxygens (including phenoxy) is 3. The highest BCUT2D eigenvalue weighted by molar-refractivity contribution is 5.71. The predicted octanol–water partition coefficient (Wildman–Crippen LogP) is 24.1. The molecule has 0 fully saturated rings. The Bertz CT molecular complexity index is 1750. The summed E-state index contributed by atoms with van der Waals surface area (Å²) < 4.78 is 16.9. The molecule has 0 radical (unpaired) electrons. The van der Waals surface area contributed by atoms with Gasteiger partial charge in [0.15, 0.2) is 6.10 Å². The van der Waals surface area contributed by atoms with Crippen LogP contribution in [0.15, 0.2) is 134 Å². The van der Waals surface area contributed by atoms with Crippen LogP contribution in [0.5, 0.6) is 0 Å². The van der Waals surface area contributed by atoms with Gasteiger partial charge < -0.3 is 14.2 Å². The van der Waals surface area contributed by atoms with Crippen LogP contribution < -0.4 is 0 Å². The van der Waals surface area contributed by atoms with E-state index < -0.39 is 6.10 Å². The minimum atomic E-state index is -0.804. The number of unbranched alkanes of at least 4 members (excludes halogenated alkanes) is 29. The Labute approximate surface area is 513 Å². The van der Waals surface area contributed by atoms with Crippen molar-refractivity contribution in [3.05, 3.63) is 134 Å². The molecule has 6 nitrogen and oxygen atoms in total. The van der Waals surface area contributed by atoms with Gasteiger partial charge in [0.2, 0.25) is 0 Å². The normalized spacial score (nSPS) is 13.0. The highest BCUT2D eigenvalue weighted by Gasteiger charge is 2.19. The number of hydrogen-bond donors (Lipinski definition) is 0. The van der Waals surface area contributed by atoms with Crippen molar-refractivity contribution in [2.24, 2.45) is 0 Å². The maximum absolute atomic E-state index is 12.9. The number of esters is 3. The van der Waals surface area contributed by atoms with E-state index in [4.69, 9.17) is 14.2 Å². The van der Waals surface area contributed by atoms with E-state index in [1.54, 1.807) is 0 Å².